The fraction of sp³-hybridized carbons (Fsp3) is 0.640. The molecule has 6 fully saturated rings. The Morgan fingerprint density at radius 3 is 0.812 bits per heavy atom. The van der Waals surface area contributed by atoms with E-state index >= 15 is 0 Å². The zero-order valence-corrected chi connectivity index (χ0v) is 38.3. The summed E-state index contributed by atoms with van der Waals surface area (Å²) >= 11 is 0. The third-order valence-electron chi connectivity index (χ3n) is 14.3. The highest BCUT2D eigenvalue weighted by Crippen LogP contribution is 2.45. The number of ether oxygens (including phenoxy) is 6. The standard InChI is InChI=1S/C50H72N6O8/c1-50(45-27-39(33-51-2-14-59-15-3-51)26-40(28-45)34-52-4-16-60-17-5-52,46-29-41(35-53-6-18-61-19-7-53)48(57)42(30-46)36-54-8-20-62-21-9-54)47-31-43(37-55-10-22-63-23-11-55)49(58)44(32-47)38-56-12-24-64-25-13-56/h26-32,57-58H,2-25,33-38H2,1H3. The lowest BCUT2D eigenvalue weighted by molar-refractivity contribution is 0.0326. The van der Waals surface area contributed by atoms with Crippen molar-refractivity contribution in [2.75, 3.05) is 158 Å². The van der Waals surface area contributed by atoms with Crippen LogP contribution < -0.4 is 0 Å². The first-order valence-corrected chi connectivity index (χ1v) is 24.0. The maximum Gasteiger partial charge on any atom is 0.124 e. The van der Waals surface area contributed by atoms with E-state index in [9.17, 15) is 10.2 Å². The zero-order chi connectivity index (χ0) is 43.7. The fourth-order valence-electron chi connectivity index (χ4n) is 10.3. The van der Waals surface area contributed by atoms with Crippen LogP contribution >= 0.6 is 0 Å². The molecule has 0 aromatic heterocycles. The number of phenols is 2. The minimum absolute atomic E-state index is 0.380. The second-order valence-electron chi connectivity index (χ2n) is 18.8. The molecule has 0 saturated carbocycles. The summed E-state index contributed by atoms with van der Waals surface area (Å²) in [7, 11) is 0. The molecule has 0 aliphatic carbocycles. The van der Waals surface area contributed by atoms with E-state index in [1.807, 2.05) is 0 Å². The van der Waals surface area contributed by atoms with Gasteiger partial charge in [-0.1, -0.05) is 18.2 Å². The molecule has 14 heteroatoms. The summed E-state index contributed by atoms with van der Waals surface area (Å²) in [6, 6.07) is 16.5. The lowest BCUT2D eigenvalue weighted by Gasteiger charge is -2.37. The van der Waals surface area contributed by atoms with Crippen molar-refractivity contribution >= 4 is 0 Å². The second-order valence-corrected chi connectivity index (χ2v) is 18.8. The van der Waals surface area contributed by atoms with Gasteiger partial charge in [0.1, 0.15) is 11.5 Å². The zero-order valence-electron chi connectivity index (χ0n) is 38.3. The molecular formula is C50H72N6O8. The van der Waals surface area contributed by atoms with Crippen molar-refractivity contribution in [3.8, 4) is 11.5 Å². The van der Waals surface area contributed by atoms with E-state index in [-0.39, 0.29) is 0 Å². The highest BCUT2D eigenvalue weighted by Gasteiger charge is 2.36. The molecule has 9 rings (SSSR count). The van der Waals surface area contributed by atoms with Gasteiger partial charge in [0.2, 0.25) is 0 Å². The molecule has 64 heavy (non-hydrogen) atoms. The van der Waals surface area contributed by atoms with Crippen LogP contribution in [0.15, 0.2) is 42.5 Å². The van der Waals surface area contributed by atoms with Crippen LogP contribution in [0.2, 0.25) is 0 Å². The number of morpholine rings is 6. The van der Waals surface area contributed by atoms with Crippen LogP contribution in [0.25, 0.3) is 0 Å². The topological polar surface area (TPSA) is 115 Å². The number of nitrogens with zero attached hydrogens (tertiary/aromatic N) is 6. The predicted molar refractivity (Wildman–Crippen MR) is 245 cm³/mol. The van der Waals surface area contributed by atoms with Crippen molar-refractivity contribution in [3.05, 3.63) is 92.5 Å². The molecule has 0 spiro atoms. The molecule has 6 aliphatic heterocycles. The van der Waals surface area contributed by atoms with Gasteiger partial charge in [-0.25, -0.2) is 0 Å². The molecule has 6 heterocycles. The average molecular weight is 885 g/mol. The van der Waals surface area contributed by atoms with E-state index in [0.717, 1.165) is 151 Å². The highest BCUT2D eigenvalue weighted by molar-refractivity contribution is 5.58. The second kappa shape index (κ2) is 22.1. The molecule has 0 atom stereocenters. The van der Waals surface area contributed by atoms with Crippen LogP contribution in [0.3, 0.4) is 0 Å². The van der Waals surface area contributed by atoms with Crippen LogP contribution in [0.4, 0.5) is 0 Å². The molecule has 0 amide bonds. The van der Waals surface area contributed by atoms with E-state index in [1.54, 1.807) is 0 Å². The van der Waals surface area contributed by atoms with Gasteiger partial charge in [0.15, 0.2) is 0 Å². The largest absolute Gasteiger partial charge is 0.507 e. The van der Waals surface area contributed by atoms with Crippen LogP contribution in [0.1, 0.15) is 57.0 Å². The van der Waals surface area contributed by atoms with Gasteiger partial charge in [-0.05, 0) is 59.0 Å². The monoisotopic (exact) mass is 885 g/mol. The summed E-state index contributed by atoms with van der Waals surface area (Å²) in [6.45, 7) is 25.3. The molecule has 6 aliphatic rings. The van der Waals surface area contributed by atoms with Crippen molar-refractivity contribution in [1.82, 2.24) is 29.4 Å². The van der Waals surface area contributed by atoms with Crippen molar-refractivity contribution in [1.29, 1.82) is 0 Å². The third-order valence-corrected chi connectivity index (χ3v) is 14.3. The summed E-state index contributed by atoms with van der Waals surface area (Å²) in [5.74, 6) is 0.759. The van der Waals surface area contributed by atoms with Crippen LogP contribution in [0, 0.1) is 0 Å². The van der Waals surface area contributed by atoms with Crippen LogP contribution in [-0.2, 0) is 73.1 Å². The van der Waals surface area contributed by atoms with Crippen molar-refractivity contribution in [3.63, 3.8) is 0 Å². The average Bonchev–Trinajstić information content (AvgIpc) is 3.33. The Morgan fingerprint density at radius 1 is 0.344 bits per heavy atom. The van der Waals surface area contributed by atoms with Gasteiger partial charge in [0, 0.05) is 145 Å². The van der Waals surface area contributed by atoms with Gasteiger partial charge in [0.25, 0.3) is 0 Å². The Bertz CT molecular complexity index is 1750. The van der Waals surface area contributed by atoms with Gasteiger partial charge in [-0.3, -0.25) is 29.4 Å². The molecule has 3 aromatic carbocycles. The van der Waals surface area contributed by atoms with E-state index in [4.69, 9.17) is 28.4 Å². The molecule has 14 nitrogen and oxygen atoms in total. The van der Waals surface area contributed by atoms with Gasteiger partial charge < -0.3 is 38.6 Å². The molecule has 6 saturated heterocycles. The van der Waals surface area contributed by atoms with Crippen LogP contribution in [0.5, 0.6) is 11.5 Å². The molecule has 350 valence electrons. The fourth-order valence-corrected chi connectivity index (χ4v) is 10.3. The summed E-state index contributed by atoms with van der Waals surface area (Å²) in [5.41, 5.74) is 9.12. The molecule has 2 N–H and O–H groups in total. The van der Waals surface area contributed by atoms with E-state index in [2.05, 4.69) is 78.8 Å². The molecule has 0 radical (unpaired) electrons. The molecule has 3 aromatic rings. The van der Waals surface area contributed by atoms with E-state index in [0.29, 0.717) is 90.5 Å². The van der Waals surface area contributed by atoms with Crippen LogP contribution in [-0.4, -0.2) is 197 Å². The predicted octanol–water partition coefficient (Wildman–Crippen LogP) is 3.45. The number of phenolic OH excluding ortho intramolecular Hbond substituents is 2. The number of rotatable bonds is 15. The SMILES string of the molecule is CC(c1cc(CN2CCOCC2)cc(CN2CCOCC2)c1)(c1cc(CN2CCOCC2)c(O)c(CN2CCOCC2)c1)c1cc(CN2CCOCC2)c(O)c(CN2CCOCC2)c1. The Hall–Kier alpha value is -3.22. The Labute approximate surface area is 380 Å². The Balaban J connectivity index is 1.23. The lowest BCUT2D eigenvalue weighted by Crippen LogP contribution is -2.37. The minimum atomic E-state index is -0.693. The first kappa shape index (κ1) is 45.9. The van der Waals surface area contributed by atoms with E-state index in [1.165, 1.54) is 16.7 Å². The maximum atomic E-state index is 12.3. The van der Waals surface area contributed by atoms with Gasteiger partial charge >= 0.3 is 0 Å². The molecular weight excluding hydrogens is 813 g/mol. The number of benzene rings is 3. The third kappa shape index (κ3) is 11.5. The minimum Gasteiger partial charge on any atom is -0.507 e. The number of hydrogen-bond acceptors (Lipinski definition) is 14. The first-order chi connectivity index (χ1) is 31.4. The van der Waals surface area contributed by atoms with Crippen molar-refractivity contribution < 1.29 is 38.6 Å². The number of hydrogen-bond donors (Lipinski definition) is 2. The highest BCUT2D eigenvalue weighted by atomic mass is 16.5. The molecule has 0 bridgehead atoms. The number of aromatic hydroxyl groups is 2. The normalized spacial score (nSPS) is 22.3. The Kier molecular flexibility index (Phi) is 15.8. The van der Waals surface area contributed by atoms with Crippen molar-refractivity contribution in [2.45, 2.75) is 51.6 Å². The summed E-state index contributed by atoms with van der Waals surface area (Å²) in [4.78, 5) is 14.7. The smallest absolute Gasteiger partial charge is 0.124 e. The van der Waals surface area contributed by atoms with Crippen molar-refractivity contribution in [2.24, 2.45) is 0 Å². The Morgan fingerprint density at radius 2 is 0.562 bits per heavy atom. The maximum absolute atomic E-state index is 12.3. The van der Waals surface area contributed by atoms with Gasteiger partial charge in [0.05, 0.1) is 79.3 Å². The first-order valence-electron chi connectivity index (χ1n) is 24.0. The summed E-state index contributed by atoms with van der Waals surface area (Å²) in [5, 5.41) is 24.6. The van der Waals surface area contributed by atoms with Gasteiger partial charge in [-0.15, -0.1) is 0 Å². The van der Waals surface area contributed by atoms with E-state index < -0.39 is 5.41 Å². The molecule has 0 unspecified atom stereocenters. The lowest BCUT2D eigenvalue weighted by atomic mass is 9.69. The quantitative estimate of drug-likeness (QED) is 0.218. The summed E-state index contributed by atoms with van der Waals surface area (Å²) < 4.78 is 34.7. The van der Waals surface area contributed by atoms with Gasteiger partial charge in [-0.2, -0.15) is 0 Å². The summed E-state index contributed by atoms with van der Waals surface area (Å²) in [6.07, 6.45) is 0.